The van der Waals surface area contributed by atoms with Crippen molar-refractivity contribution in [2.24, 2.45) is 11.3 Å². The van der Waals surface area contributed by atoms with Crippen LogP contribution in [0, 0.1) is 52.9 Å². The molecule has 0 radical (unpaired) electrons. The smallest absolute Gasteiger partial charge is 0.257 e. The van der Waals surface area contributed by atoms with Gasteiger partial charge in [0, 0.05) is 0 Å². The number of aryl methyl sites for hydroxylation is 6. The molecule has 1 nitrogen and oxygen atoms in total. The number of hydrogen-bond donors (Lipinski definition) is 0. The molecule has 2 aromatic rings. The van der Waals surface area contributed by atoms with Crippen LogP contribution in [-0.2, 0) is 4.43 Å². The van der Waals surface area contributed by atoms with Crippen molar-refractivity contribution < 1.29 is 4.43 Å². The second-order valence-corrected chi connectivity index (χ2v) is 14.3. The van der Waals surface area contributed by atoms with Crippen LogP contribution in [0.5, 0.6) is 0 Å². The highest BCUT2D eigenvalue weighted by molar-refractivity contribution is 6.99. The quantitative estimate of drug-likeness (QED) is 0.546. The van der Waals surface area contributed by atoms with Crippen molar-refractivity contribution in [3.05, 3.63) is 57.6 Å². The minimum absolute atomic E-state index is 0.497. The van der Waals surface area contributed by atoms with Gasteiger partial charge in [0.1, 0.15) is 0 Å². The van der Waals surface area contributed by atoms with Crippen LogP contribution in [0.25, 0.3) is 0 Å². The lowest BCUT2D eigenvalue weighted by atomic mass is 9.54. The Morgan fingerprint density at radius 2 is 1.20 bits per heavy atom. The van der Waals surface area contributed by atoms with E-state index < -0.39 is 8.32 Å². The monoisotopic (exact) mass is 418 g/mol. The van der Waals surface area contributed by atoms with Crippen LogP contribution in [0.15, 0.2) is 24.3 Å². The summed E-state index contributed by atoms with van der Waals surface area (Å²) in [5.74, 6) is 0.773. The number of hydrogen-bond acceptors (Lipinski definition) is 1. The van der Waals surface area contributed by atoms with Crippen molar-refractivity contribution >= 4 is 18.7 Å². The van der Waals surface area contributed by atoms with Crippen LogP contribution in [0.3, 0.4) is 0 Å². The summed E-state index contributed by atoms with van der Waals surface area (Å²) in [5.41, 5.74) is 9.07. The molecule has 1 spiro atoms. The van der Waals surface area contributed by atoms with E-state index in [9.17, 15) is 0 Å². The predicted octanol–water partition coefficient (Wildman–Crippen LogP) is 5.97. The van der Waals surface area contributed by atoms with Crippen molar-refractivity contribution in [3.8, 4) is 0 Å². The Bertz CT molecular complexity index is 894. The van der Waals surface area contributed by atoms with Gasteiger partial charge in [0.2, 0.25) is 0 Å². The average Bonchev–Trinajstić information content (AvgIpc) is 2.95. The lowest BCUT2D eigenvalue weighted by Crippen LogP contribution is -2.62. The number of fused-ring (bicyclic) bond motifs is 2. The second-order valence-electron chi connectivity index (χ2n) is 11.0. The van der Waals surface area contributed by atoms with Crippen molar-refractivity contribution in [3.63, 3.8) is 0 Å². The SMILES string of the molecule is Cc1cc(C)c([Si]2(c3c(C)cc(C)cc3C)C[C@@H]3CC4(CCCCC4)[C@@H]3O2)c(C)c1. The molecule has 2 aliphatic carbocycles. The molecule has 0 unspecified atom stereocenters. The molecule has 2 heteroatoms. The standard InChI is InChI=1S/C28H38OSi/c1-18-12-20(3)25(21(4)13-18)30(26-22(5)14-19(2)15-23(26)6)17-24-16-28(27(24)29-30)10-8-7-9-11-28/h12-15,24,27H,7-11,16-17H2,1-6H3/t24-,27+/m0/s1. The summed E-state index contributed by atoms with van der Waals surface area (Å²) in [6.45, 7) is 13.8. The minimum Gasteiger partial charge on any atom is -0.404 e. The molecule has 0 bridgehead atoms. The van der Waals surface area contributed by atoms with Gasteiger partial charge in [-0.05, 0) is 111 Å². The molecule has 0 N–H and O–H groups in total. The molecule has 2 aromatic carbocycles. The average molecular weight is 419 g/mol. The molecule has 0 aromatic heterocycles. The lowest BCUT2D eigenvalue weighted by molar-refractivity contribution is -0.0979. The highest BCUT2D eigenvalue weighted by Gasteiger charge is 2.65. The lowest BCUT2D eigenvalue weighted by Gasteiger charge is -2.54. The molecular formula is C28H38OSi. The maximum Gasteiger partial charge on any atom is 0.257 e. The fourth-order valence-electron chi connectivity index (χ4n) is 7.94. The van der Waals surface area contributed by atoms with Crippen molar-refractivity contribution in [2.45, 2.75) is 92.2 Å². The Kier molecular flexibility index (Phi) is 4.83. The van der Waals surface area contributed by atoms with Gasteiger partial charge >= 0.3 is 0 Å². The van der Waals surface area contributed by atoms with Crippen molar-refractivity contribution in [2.75, 3.05) is 0 Å². The molecule has 1 saturated heterocycles. The number of rotatable bonds is 2. The third kappa shape index (κ3) is 2.90. The Balaban J connectivity index is 1.70. The zero-order chi connectivity index (χ0) is 21.3. The third-order valence-electron chi connectivity index (χ3n) is 8.59. The van der Waals surface area contributed by atoms with Gasteiger partial charge in [0.05, 0.1) is 6.10 Å². The molecule has 0 amide bonds. The van der Waals surface area contributed by atoms with Gasteiger partial charge in [-0.1, -0.05) is 54.7 Å². The Morgan fingerprint density at radius 3 is 1.67 bits per heavy atom. The maximum absolute atomic E-state index is 7.56. The number of benzene rings is 2. The second kappa shape index (κ2) is 7.07. The van der Waals surface area contributed by atoms with E-state index in [1.54, 1.807) is 10.4 Å². The fourth-order valence-corrected chi connectivity index (χ4v) is 13.7. The van der Waals surface area contributed by atoms with E-state index in [1.165, 1.54) is 77.9 Å². The van der Waals surface area contributed by atoms with E-state index in [-0.39, 0.29) is 0 Å². The van der Waals surface area contributed by atoms with E-state index in [1.807, 2.05) is 0 Å². The van der Waals surface area contributed by atoms with Gasteiger partial charge in [0.25, 0.3) is 8.32 Å². The first kappa shape index (κ1) is 20.5. The Morgan fingerprint density at radius 1 is 0.733 bits per heavy atom. The molecule has 30 heavy (non-hydrogen) atoms. The van der Waals surface area contributed by atoms with Crippen molar-refractivity contribution in [1.82, 2.24) is 0 Å². The summed E-state index contributed by atoms with van der Waals surface area (Å²) in [4.78, 5) is 0. The fraction of sp³-hybridized carbons (Fsp3) is 0.571. The van der Waals surface area contributed by atoms with E-state index in [0.29, 0.717) is 11.5 Å². The van der Waals surface area contributed by atoms with Gasteiger partial charge in [-0.15, -0.1) is 0 Å². The first-order chi connectivity index (χ1) is 14.3. The maximum atomic E-state index is 7.56. The van der Waals surface area contributed by atoms with Crippen molar-refractivity contribution in [1.29, 1.82) is 0 Å². The predicted molar refractivity (Wildman–Crippen MR) is 130 cm³/mol. The molecular weight excluding hydrogens is 380 g/mol. The summed E-state index contributed by atoms with van der Waals surface area (Å²) < 4.78 is 7.56. The highest BCUT2D eigenvalue weighted by Crippen LogP contribution is 2.62. The topological polar surface area (TPSA) is 9.23 Å². The van der Waals surface area contributed by atoms with Crippen LogP contribution >= 0.6 is 0 Å². The van der Waals surface area contributed by atoms with Crippen LogP contribution < -0.4 is 10.4 Å². The molecule has 2 saturated carbocycles. The van der Waals surface area contributed by atoms with Gasteiger partial charge < -0.3 is 4.43 Å². The first-order valence-electron chi connectivity index (χ1n) is 12.1. The molecule has 1 heterocycles. The van der Waals surface area contributed by atoms with E-state index in [4.69, 9.17) is 4.43 Å². The summed E-state index contributed by atoms with van der Waals surface area (Å²) in [7, 11) is -2.28. The normalized spacial score (nSPS) is 26.5. The third-order valence-corrected chi connectivity index (χ3v) is 13.5. The van der Waals surface area contributed by atoms with Crippen LogP contribution in [0.2, 0.25) is 6.04 Å². The van der Waals surface area contributed by atoms with Crippen LogP contribution in [0.4, 0.5) is 0 Å². The van der Waals surface area contributed by atoms with Gasteiger partial charge in [-0.2, -0.15) is 0 Å². The molecule has 3 fully saturated rings. The van der Waals surface area contributed by atoms with E-state index in [2.05, 4.69) is 65.8 Å². The van der Waals surface area contributed by atoms with Crippen LogP contribution in [-0.4, -0.2) is 14.4 Å². The van der Waals surface area contributed by atoms with Gasteiger partial charge in [-0.3, -0.25) is 0 Å². The largest absolute Gasteiger partial charge is 0.404 e. The minimum atomic E-state index is -2.28. The van der Waals surface area contributed by atoms with Crippen LogP contribution in [0.1, 0.15) is 71.9 Å². The molecule has 2 atom stereocenters. The van der Waals surface area contributed by atoms with E-state index in [0.717, 1.165) is 5.92 Å². The summed E-state index contributed by atoms with van der Waals surface area (Å²) in [5, 5.41) is 3.17. The molecule has 3 aliphatic rings. The zero-order valence-corrected chi connectivity index (χ0v) is 20.8. The summed E-state index contributed by atoms with van der Waals surface area (Å²) >= 11 is 0. The first-order valence-corrected chi connectivity index (χ1v) is 14.2. The Labute approximate surface area is 184 Å². The summed E-state index contributed by atoms with van der Waals surface area (Å²) in [6, 6.07) is 10.9. The highest BCUT2D eigenvalue weighted by atomic mass is 28.4. The van der Waals surface area contributed by atoms with Gasteiger partial charge in [-0.25, -0.2) is 0 Å². The summed E-state index contributed by atoms with van der Waals surface area (Å²) in [6.07, 6.45) is 8.96. The van der Waals surface area contributed by atoms with E-state index >= 15 is 0 Å². The molecule has 5 rings (SSSR count). The van der Waals surface area contributed by atoms with Gasteiger partial charge in [0.15, 0.2) is 0 Å². The zero-order valence-electron chi connectivity index (χ0n) is 19.8. The Hall–Kier alpha value is -1.38. The molecule has 160 valence electrons. The molecule has 1 aliphatic heterocycles.